The molecule has 3 aromatic rings. The van der Waals surface area contributed by atoms with E-state index in [1.807, 2.05) is 37.3 Å². The number of carbonyl (C=O) groups excluding carboxylic acids is 1. The van der Waals surface area contributed by atoms with Crippen LogP contribution in [0.4, 0.5) is 0 Å². The molecule has 0 saturated carbocycles. The third kappa shape index (κ3) is 4.61. The summed E-state index contributed by atoms with van der Waals surface area (Å²) < 4.78 is 33.1. The first-order valence-corrected chi connectivity index (χ1v) is 10.5. The van der Waals surface area contributed by atoms with Crippen LogP contribution in [0.25, 0.3) is 11.0 Å². The molecule has 28 heavy (non-hydrogen) atoms. The van der Waals surface area contributed by atoms with Gasteiger partial charge in [-0.2, -0.15) is 0 Å². The number of fused-ring (bicyclic) bond motifs is 1. The molecular formula is C21H24N2O4S. The summed E-state index contributed by atoms with van der Waals surface area (Å²) in [6.07, 6.45) is 0. The Balaban J connectivity index is 1.72. The maximum atomic E-state index is 12.5. The molecule has 0 radical (unpaired) electrons. The quantitative estimate of drug-likeness (QED) is 0.677. The molecule has 2 N–H and O–H groups in total. The fraction of sp³-hybridized carbons (Fsp3) is 0.286. The van der Waals surface area contributed by atoms with Crippen molar-refractivity contribution >= 4 is 26.9 Å². The second-order valence-corrected chi connectivity index (χ2v) is 9.44. The molecule has 1 heterocycles. The van der Waals surface area contributed by atoms with Gasteiger partial charge in [0.25, 0.3) is 5.91 Å². The number of hydrogen-bond donors (Lipinski definition) is 2. The molecule has 3 rings (SSSR count). The minimum absolute atomic E-state index is 0.115. The van der Waals surface area contributed by atoms with Gasteiger partial charge in [-0.3, -0.25) is 4.79 Å². The van der Waals surface area contributed by atoms with Gasteiger partial charge in [-0.1, -0.05) is 18.2 Å². The highest BCUT2D eigenvalue weighted by atomic mass is 32.2. The van der Waals surface area contributed by atoms with Crippen LogP contribution in [0.15, 0.2) is 63.9 Å². The maximum absolute atomic E-state index is 12.5. The molecule has 2 aromatic carbocycles. The summed E-state index contributed by atoms with van der Waals surface area (Å²) >= 11 is 0. The highest BCUT2D eigenvalue weighted by Crippen LogP contribution is 2.24. The lowest BCUT2D eigenvalue weighted by atomic mass is 10.1. The predicted molar refractivity (Wildman–Crippen MR) is 109 cm³/mol. The number of nitrogens with one attached hydrogen (secondary N) is 2. The Labute approximate surface area is 165 Å². The molecule has 1 atom stereocenters. The molecule has 1 aromatic heterocycles. The Morgan fingerprint density at radius 3 is 2.29 bits per heavy atom. The van der Waals surface area contributed by atoms with E-state index in [2.05, 4.69) is 10.0 Å². The second kappa shape index (κ2) is 7.41. The van der Waals surface area contributed by atoms with Crippen LogP contribution in [0.1, 0.15) is 49.9 Å². The Morgan fingerprint density at radius 1 is 1.04 bits per heavy atom. The van der Waals surface area contributed by atoms with Gasteiger partial charge in [0.1, 0.15) is 11.3 Å². The van der Waals surface area contributed by atoms with E-state index in [4.69, 9.17) is 4.42 Å². The van der Waals surface area contributed by atoms with Gasteiger partial charge in [0.2, 0.25) is 10.0 Å². The fourth-order valence-corrected chi connectivity index (χ4v) is 4.23. The Hall–Kier alpha value is -2.64. The van der Waals surface area contributed by atoms with Crippen molar-refractivity contribution in [2.75, 3.05) is 0 Å². The third-order valence-electron chi connectivity index (χ3n) is 4.09. The average Bonchev–Trinajstić information content (AvgIpc) is 3.04. The van der Waals surface area contributed by atoms with E-state index >= 15 is 0 Å². The molecule has 0 fully saturated rings. The zero-order valence-electron chi connectivity index (χ0n) is 16.3. The summed E-state index contributed by atoms with van der Waals surface area (Å²) in [5.41, 5.74) is 0.550. The van der Waals surface area contributed by atoms with Gasteiger partial charge in [0.15, 0.2) is 0 Å². The van der Waals surface area contributed by atoms with Crippen LogP contribution in [0.2, 0.25) is 0 Å². The number of amides is 1. The predicted octanol–water partition coefficient (Wildman–Crippen LogP) is 4.00. The van der Waals surface area contributed by atoms with Crippen molar-refractivity contribution < 1.29 is 17.6 Å². The van der Waals surface area contributed by atoms with Crippen LogP contribution >= 0.6 is 0 Å². The number of benzene rings is 2. The summed E-state index contributed by atoms with van der Waals surface area (Å²) in [6, 6.07) is 15.1. The van der Waals surface area contributed by atoms with Crippen molar-refractivity contribution in [1.29, 1.82) is 0 Å². The summed E-state index contributed by atoms with van der Waals surface area (Å²) in [5.74, 6) is 0.351. The minimum atomic E-state index is -3.64. The van der Waals surface area contributed by atoms with E-state index in [1.54, 1.807) is 20.8 Å². The molecule has 0 aliphatic rings. The van der Waals surface area contributed by atoms with Crippen LogP contribution in [0.3, 0.4) is 0 Å². The molecular weight excluding hydrogens is 376 g/mol. The van der Waals surface area contributed by atoms with E-state index in [-0.39, 0.29) is 16.8 Å². The Morgan fingerprint density at radius 2 is 1.68 bits per heavy atom. The molecule has 0 aliphatic carbocycles. The molecule has 1 amide bonds. The van der Waals surface area contributed by atoms with Crippen LogP contribution in [-0.2, 0) is 10.0 Å². The third-order valence-corrected chi connectivity index (χ3v) is 5.86. The number of sulfonamides is 1. The number of furan rings is 1. The topological polar surface area (TPSA) is 88.4 Å². The molecule has 0 spiro atoms. The number of rotatable bonds is 5. The minimum Gasteiger partial charge on any atom is -0.459 e. The second-order valence-electron chi connectivity index (χ2n) is 7.76. The lowest BCUT2D eigenvalue weighted by Crippen LogP contribution is -2.40. The van der Waals surface area contributed by atoms with Crippen LogP contribution < -0.4 is 10.0 Å². The van der Waals surface area contributed by atoms with Crippen molar-refractivity contribution in [2.45, 2.75) is 44.2 Å². The number of hydrogen-bond acceptors (Lipinski definition) is 4. The molecule has 7 heteroatoms. The van der Waals surface area contributed by atoms with Gasteiger partial charge in [0.05, 0.1) is 10.9 Å². The van der Waals surface area contributed by atoms with Crippen molar-refractivity contribution in [3.63, 3.8) is 0 Å². The Bertz CT molecular complexity index is 1060. The average molecular weight is 401 g/mol. The first-order chi connectivity index (χ1) is 13.0. The van der Waals surface area contributed by atoms with Crippen LogP contribution in [0, 0.1) is 0 Å². The fourth-order valence-electron chi connectivity index (χ4n) is 2.81. The standard InChI is InChI=1S/C21H24N2O4S/c1-14(19-13-16-7-5-6-8-18(16)27-19)22-20(24)15-9-11-17(12-10-15)28(25,26)23-21(2,3)4/h5-14,23H,1-4H3,(H,22,24). The zero-order valence-corrected chi connectivity index (χ0v) is 17.1. The first-order valence-electron chi connectivity index (χ1n) is 8.98. The van der Waals surface area contributed by atoms with E-state index in [9.17, 15) is 13.2 Å². The highest BCUT2D eigenvalue weighted by molar-refractivity contribution is 7.89. The molecule has 0 saturated heterocycles. The summed E-state index contributed by atoms with van der Waals surface area (Å²) in [4.78, 5) is 12.6. The van der Waals surface area contributed by atoms with Gasteiger partial charge < -0.3 is 9.73 Å². The van der Waals surface area contributed by atoms with E-state index in [1.165, 1.54) is 24.3 Å². The lowest BCUT2D eigenvalue weighted by Gasteiger charge is -2.20. The van der Waals surface area contributed by atoms with Crippen molar-refractivity contribution in [3.8, 4) is 0 Å². The summed E-state index contributed by atoms with van der Waals surface area (Å²) in [5, 5.41) is 3.84. The van der Waals surface area contributed by atoms with Gasteiger partial charge in [-0.25, -0.2) is 13.1 Å². The molecule has 148 valence electrons. The smallest absolute Gasteiger partial charge is 0.251 e. The van der Waals surface area contributed by atoms with Crippen molar-refractivity contribution in [2.24, 2.45) is 0 Å². The normalized spacial score (nSPS) is 13.4. The molecule has 0 aliphatic heterocycles. The van der Waals surface area contributed by atoms with Gasteiger partial charge in [-0.15, -0.1) is 0 Å². The SMILES string of the molecule is CC(NC(=O)c1ccc(S(=O)(=O)NC(C)(C)C)cc1)c1cc2ccccc2o1. The number of para-hydroxylation sites is 1. The lowest BCUT2D eigenvalue weighted by molar-refractivity contribution is 0.0935. The van der Waals surface area contributed by atoms with E-state index < -0.39 is 15.6 Å². The maximum Gasteiger partial charge on any atom is 0.251 e. The van der Waals surface area contributed by atoms with Gasteiger partial charge in [0, 0.05) is 16.5 Å². The van der Waals surface area contributed by atoms with Gasteiger partial charge in [-0.05, 0) is 64.1 Å². The van der Waals surface area contributed by atoms with Crippen molar-refractivity contribution in [1.82, 2.24) is 10.0 Å². The van der Waals surface area contributed by atoms with Gasteiger partial charge >= 0.3 is 0 Å². The summed E-state index contributed by atoms with van der Waals surface area (Å²) in [7, 11) is -3.64. The summed E-state index contributed by atoms with van der Waals surface area (Å²) in [6.45, 7) is 7.14. The molecule has 0 bridgehead atoms. The monoisotopic (exact) mass is 400 g/mol. The largest absolute Gasteiger partial charge is 0.459 e. The molecule has 1 unspecified atom stereocenters. The van der Waals surface area contributed by atoms with Crippen LogP contribution in [-0.4, -0.2) is 19.9 Å². The first kappa shape index (κ1) is 20.1. The Kier molecular flexibility index (Phi) is 5.32. The highest BCUT2D eigenvalue weighted by Gasteiger charge is 2.22. The van der Waals surface area contributed by atoms with E-state index in [0.717, 1.165) is 11.0 Å². The number of carbonyl (C=O) groups is 1. The van der Waals surface area contributed by atoms with Crippen LogP contribution in [0.5, 0.6) is 0 Å². The zero-order chi connectivity index (χ0) is 20.5. The van der Waals surface area contributed by atoms with E-state index in [0.29, 0.717) is 11.3 Å². The molecule has 6 nitrogen and oxygen atoms in total. The van der Waals surface area contributed by atoms with Crippen molar-refractivity contribution in [3.05, 3.63) is 65.9 Å².